The van der Waals surface area contributed by atoms with Crippen LogP contribution in [0.25, 0.3) is 0 Å². The van der Waals surface area contributed by atoms with Crippen LogP contribution in [0.2, 0.25) is 0 Å². The van der Waals surface area contributed by atoms with Gasteiger partial charge in [-0.25, -0.2) is 0 Å². The Hall–Kier alpha value is -1.06. The van der Waals surface area contributed by atoms with E-state index in [1.807, 2.05) is 0 Å². The number of hydrogen-bond donors (Lipinski definition) is 0. The number of benzene rings is 1. The van der Waals surface area contributed by atoms with E-state index in [1.165, 1.54) is 42.6 Å². The third-order valence-corrected chi connectivity index (χ3v) is 4.93. The molecule has 0 spiro atoms. The molecule has 1 fully saturated rings. The van der Waals surface area contributed by atoms with Crippen LogP contribution >= 0.6 is 0 Å². The molecule has 1 aromatic carbocycles. The van der Waals surface area contributed by atoms with Gasteiger partial charge in [-0.15, -0.1) is 0 Å². The Morgan fingerprint density at radius 2 is 2.05 bits per heavy atom. The van der Waals surface area contributed by atoms with E-state index >= 15 is 0 Å². The van der Waals surface area contributed by atoms with Gasteiger partial charge in [0.2, 0.25) is 0 Å². The third kappa shape index (κ3) is 3.41. The zero-order chi connectivity index (χ0) is 14.7. The van der Waals surface area contributed by atoms with Gasteiger partial charge in [-0.2, -0.15) is 0 Å². The second kappa shape index (κ2) is 6.80. The van der Waals surface area contributed by atoms with Crippen LogP contribution in [-0.2, 0) is 24.1 Å². The highest BCUT2D eigenvalue weighted by Crippen LogP contribution is 2.29. The van der Waals surface area contributed by atoms with E-state index in [1.54, 1.807) is 7.11 Å². The molecule has 2 aliphatic rings. The summed E-state index contributed by atoms with van der Waals surface area (Å²) in [5, 5.41) is 0. The van der Waals surface area contributed by atoms with Crippen molar-refractivity contribution in [3.05, 3.63) is 28.8 Å². The van der Waals surface area contributed by atoms with Gasteiger partial charge in [0.15, 0.2) is 0 Å². The van der Waals surface area contributed by atoms with Crippen LogP contribution in [0.4, 0.5) is 0 Å². The molecule has 3 rings (SSSR count). The van der Waals surface area contributed by atoms with Crippen molar-refractivity contribution in [2.45, 2.75) is 39.2 Å². The zero-order valence-corrected chi connectivity index (χ0v) is 13.4. The summed E-state index contributed by atoms with van der Waals surface area (Å²) in [7, 11) is 1.78. The zero-order valence-electron chi connectivity index (χ0n) is 13.4. The van der Waals surface area contributed by atoms with Gasteiger partial charge in [-0.1, -0.05) is 13.0 Å². The van der Waals surface area contributed by atoms with E-state index < -0.39 is 0 Å². The van der Waals surface area contributed by atoms with Crippen LogP contribution in [0.5, 0.6) is 5.75 Å². The monoisotopic (exact) mass is 289 g/mol. The van der Waals surface area contributed by atoms with Crippen molar-refractivity contribution in [2.75, 3.05) is 33.4 Å². The van der Waals surface area contributed by atoms with Crippen LogP contribution in [-0.4, -0.2) is 38.3 Å². The van der Waals surface area contributed by atoms with Crippen molar-refractivity contribution in [2.24, 2.45) is 5.92 Å². The summed E-state index contributed by atoms with van der Waals surface area (Å²) in [6, 6.07) is 4.63. The maximum absolute atomic E-state index is 5.52. The second-order valence-corrected chi connectivity index (χ2v) is 6.33. The standard InChI is InChI=1S/C18H27NO2/c1-3-15-10-17-13-19(12-14-5-8-21-9-6-14)7-4-16(17)11-18(15)20-2/h10-11,14H,3-9,12-13H2,1-2H3. The molecule has 3 nitrogen and oxygen atoms in total. The molecule has 0 aromatic heterocycles. The van der Waals surface area contributed by atoms with Gasteiger partial charge in [-0.05, 0) is 54.4 Å². The van der Waals surface area contributed by atoms with E-state index in [-0.39, 0.29) is 0 Å². The molecule has 0 radical (unpaired) electrons. The quantitative estimate of drug-likeness (QED) is 0.850. The Morgan fingerprint density at radius 3 is 2.76 bits per heavy atom. The number of hydrogen-bond acceptors (Lipinski definition) is 3. The molecule has 1 aromatic rings. The van der Waals surface area contributed by atoms with Gasteiger partial charge >= 0.3 is 0 Å². The summed E-state index contributed by atoms with van der Waals surface area (Å²) >= 11 is 0. The lowest BCUT2D eigenvalue weighted by molar-refractivity contribution is 0.0506. The Labute approximate surface area is 128 Å². The molecular formula is C18H27NO2. The van der Waals surface area contributed by atoms with Crippen molar-refractivity contribution in [1.82, 2.24) is 4.90 Å². The number of fused-ring (bicyclic) bond motifs is 1. The van der Waals surface area contributed by atoms with Crippen LogP contribution in [0.3, 0.4) is 0 Å². The van der Waals surface area contributed by atoms with Crippen LogP contribution in [0, 0.1) is 5.92 Å². The lowest BCUT2D eigenvalue weighted by atomic mass is 9.93. The molecule has 0 aliphatic carbocycles. The maximum atomic E-state index is 5.52. The number of methoxy groups -OCH3 is 1. The van der Waals surface area contributed by atoms with Gasteiger partial charge < -0.3 is 9.47 Å². The molecule has 3 heteroatoms. The minimum Gasteiger partial charge on any atom is -0.496 e. The summed E-state index contributed by atoms with van der Waals surface area (Å²) < 4.78 is 11.0. The predicted octanol–water partition coefficient (Wildman–Crippen LogP) is 3.04. The first-order valence-electron chi connectivity index (χ1n) is 8.29. The van der Waals surface area contributed by atoms with E-state index in [0.717, 1.165) is 44.3 Å². The average molecular weight is 289 g/mol. The molecule has 2 aliphatic heterocycles. The van der Waals surface area contributed by atoms with Gasteiger partial charge in [0.25, 0.3) is 0 Å². The van der Waals surface area contributed by atoms with Crippen molar-refractivity contribution in [3.8, 4) is 5.75 Å². The van der Waals surface area contributed by atoms with Crippen LogP contribution in [0.15, 0.2) is 12.1 Å². The number of nitrogens with zero attached hydrogens (tertiary/aromatic N) is 1. The lowest BCUT2D eigenvalue weighted by Crippen LogP contribution is -2.36. The second-order valence-electron chi connectivity index (χ2n) is 6.33. The highest BCUT2D eigenvalue weighted by Gasteiger charge is 2.22. The van der Waals surface area contributed by atoms with E-state index in [9.17, 15) is 0 Å². The van der Waals surface area contributed by atoms with Gasteiger partial charge in [0.1, 0.15) is 5.75 Å². The first-order chi connectivity index (χ1) is 10.3. The Kier molecular flexibility index (Phi) is 4.81. The molecule has 0 saturated carbocycles. The Morgan fingerprint density at radius 1 is 1.24 bits per heavy atom. The Bertz CT molecular complexity index is 480. The minimum absolute atomic E-state index is 0.823. The SMILES string of the molecule is CCc1cc2c(cc1OC)CCN(CC1CCOCC1)C2. The predicted molar refractivity (Wildman–Crippen MR) is 84.9 cm³/mol. The molecule has 0 amide bonds. The van der Waals surface area contributed by atoms with Gasteiger partial charge in [0, 0.05) is 32.8 Å². The van der Waals surface area contributed by atoms with Crippen molar-refractivity contribution < 1.29 is 9.47 Å². The highest BCUT2D eigenvalue weighted by molar-refractivity contribution is 5.43. The van der Waals surface area contributed by atoms with Crippen LogP contribution < -0.4 is 4.74 Å². The molecule has 0 bridgehead atoms. The fourth-order valence-electron chi connectivity index (χ4n) is 3.61. The topological polar surface area (TPSA) is 21.7 Å². The highest BCUT2D eigenvalue weighted by atomic mass is 16.5. The van der Waals surface area contributed by atoms with E-state index in [4.69, 9.17) is 9.47 Å². The number of ether oxygens (including phenoxy) is 2. The molecule has 0 atom stereocenters. The molecule has 1 saturated heterocycles. The average Bonchev–Trinajstić information content (AvgIpc) is 2.54. The summed E-state index contributed by atoms with van der Waals surface area (Å²) in [5.41, 5.74) is 4.32. The largest absolute Gasteiger partial charge is 0.496 e. The van der Waals surface area contributed by atoms with Gasteiger partial charge in [0.05, 0.1) is 7.11 Å². The number of rotatable bonds is 4. The normalized spacial score (nSPS) is 20.3. The van der Waals surface area contributed by atoms with Crippen molar-refractivity contribution in [3.63, 3.8) is 0 Å². The fraction of sp³-hybridized carbons (Fsp3) is 0.667. The molecule has 116 valence electrons. The first kappa shape index (κ1) is 14.9. The Balaban J connectivity index is 1.69. The lowest BCUT2D eigenvalue weighted by Gasteiger charge is -2.33. The van der Waals surface area contributed by atoms with Gasteiger partial charge in [-0.3, -0.25) is 4.90 Å². The smallest absolute Gasteiger partial charge is 0.122 e. The molecule has 21 heavy (non-hydrogen) atoms. The number of aryl methyl sites for hydroxylation is 1. The summed E-state index contributed by atoms with van der Waals surface area (Å²) in [4.78, 5) is 2.63. The molecular weight excluding hydrogens is 262 g/mol. The molecule has 0 N–H and O–H groups in total. The van der Waals surface area contributed by atoms with Crippen LogP contribution in [0.1, 0.15) is 36.5 Å². The molecule has 2 heterocycles. The summed E-state index contributed by atoms with van der Waals surface area (Å²) in [6.07, 6.45) is 4.65. The van der Waals surface area contributed by atoms with E-state index in [2.05, 4.69) is 24.0 Å². The molecule has 0 unspecified atom stereocenters. The first-order valence-corrected chi connectivity index (χ1v) is 8.29. The maximum Gasteiger partial charge on any atom is 0.122 e. The van der Waals surface area contributed by atoms with Crippen molar-refractivity contribution >= 4 is 0 Å². The van der Waals surface area contributed by atoms with E-state index in [0.29, 0.717) is 0 Å². The summed E-state index contributed by atoms with van der Waals surface area (Å²) in [6.45, 7) is 7.62. The fourth-order valence-corrected chi connectivity index (χ4v) is 3.61. The van der Waals surface area contributed by atoms with Crippen molar-refractivity contribution in [1.29, 1.82) is 0 Å². The summed E-state index contributed by atoms with van der Waals surface area (Å²) in [5.74, 6) is 1.89. The third-order valence-electron chi connectivity index (χ3n) is 4.93. The minimum atomic E-state index is 0.823.